The molecular weight excluding hydrogens is 544 g/mol. The minimum Gasteiger partial charge on any atom is -0.485 e. The second kappa shape index (κ2) is 12.1. The fraction of sp³-hybridized carbons (Fsp3) is 0.355. The summed E-state index contributed by atoms with van der Waals surface area (Å²) in [7, 11) is 1.57. The molecule has 9 nitrogen and oxygen atoms in total. The van der Waals surface area contributed by atoms with Crippen molar-refractivity contribution < 1.29 is 27.8 Å². The predicted molar refractivity (Wildman–Crippen MR) is 153 cm³/mol. The molecule has 42 heavy (non-hydrogen) atoms. The third kappa shape index (κ3) is 6.04. The molecule has 0 bridgehead atoms. The van der Waals surface area contributed by atoms with Crippen LogP contribution in [0.1, 0.15) is 53.6 Å². The molecule has 0 spiro atoms. The molecule has 1 unspecified atom stereocenters. The van der Waals surface area contributed by atoms with E-state index in [-0.39, 0.29) is 53.2 Å². The Hall–Kier alpha value is -4.56. The molecule has 218 valence electrons. The maximum atomic E-state index is 14.9. The van der Waals surface area contributed by atoms with E-state index in [0.717, 1.165) is 24.5 Å². The average Bonchev–Trinajstić information content (AvgIpc) is 3.73. The Morgan fingerprint density at radius 1 is 1.19 bits per heavy atom. The molecule has 2 amide bonds. The minimum absolute atomic E-state index is 0.0135. The molecule has 1 aliphatic heterocycles. The Kier molecular flexibility index (Phi) is 8.36. The Balaban J connectivity index is 1.41. The summed E-state index contributed by atoms with van der Waals surface area (Å²) in [6, 6.07) is 6.61. The van der Waals surface area contributed by atoms with Gasteiger partial charge in [0.1, 0.15) is 30.3 Å². The van der Waals surface area contributed by atoms with Crippen LogP contribution in [0, 0.1) is 30.4 Å². The molecule has 2 aliphatic rings. The summed E-state index contributed by atoms with van der Waals surface area (Å²) in [6.07, 6.45) is 3.57. The lowest BCUT2D eigenvalue weighted by Crippen LogP contribution is -2.38. The number of amides is 2. The summed E-state index contributed by atoms with van der Waals surface area (Å²) in [5, 5.41) is 2.63. The van der Waals surface area contributed by atoms with Crippen LogP contribution in [-0.2, 0) is 9.53 Å². The van der Waals surface area contributed by atoms with Gasteiger partial charge in [0.05, 0.1) is 17.7 Å². The number of methoxy groups -OCH3 is 1. The molecule has 3 aromatic rings. The zero-order valence-corrected chi connectivity index (χ0v) is 23.5. The fourth-order valence-corrected chi connectivity index (χ4v) is 5.16. The first-order valence-corrected chi connectivity index (χ1v) is 13.6. The van der Waals surface area contributed by atoms with Gasteiger partial charge in [-0.15, -0.1) is 0 Å². The van der Waals surface area contributed by atoms with Crippen molar-refractivity contribution in [1.29, 1.82) is 0 Å². The molecule has 1 saturated heterocycles. The van der Waals surface area contributed by atoms with Crippen molar-refractivity contribution in [3.05, 3.63) is 65.0 Å². The van der Waals surface area contributed by atoms with Crippen molar-refractivity contribution in [2.45, 2.75) is 51.2 Å². The highest BCUT2D eigenvalue weighted by molar-refractivity contribution is 6.05. The van der Waals surface area contributed by atoms with Crippen LogP contribution in [-0.4, -0.2) is 59.1 Å². The number of likely N-dealkylation sites (tertiary alicyclic amines) is 1. The van der Waals surface area contributed by atoms with Crippen molar-refractivity contribution in [2.24, 2.45) is 0 Å². The number of nitrogens with one attached hydrogen (secondary N) is 1. The molecule has 1 aliphatic carbocycles. The second-order valence-corrected chi connectivity index (χ2v) is 10.4. The van der Waals surface area contributed by atoms with E-state index >= 15 is 0 Å². The van der Waals surface area contributed by atoms with Gasteiger partial charge in [-0.1, -0.05) is 12.0 Å². The van der Waals surface area contributed by atoms with E-state index in [9.17, 15) is 18.4 Å². The standard InChI is InChI=1S/C31H31F2N5O4/c1-4-5-27(39)38-14-22(41-3)13-21(38)15-42-29-28(35-16-36-30(29)34)24-11-20(32)12-26(17(24)2)37-31(40)23-9-8-19(10-25(23)33)18-6-7-18/h8-12,16,18,21-22H,6-7,13-15H2,1-3H3,(H,37,40)(H2,34,35,36)/t21?,22-/m1/s1. The molecule has 5 rings (SSSR count). The van der Waals surface area contributed by atoms with Crippen molar-refractivity contribution >= 4 is 23.3 Å². The Labute approximate surface area is 242 Å². The van der Waals surface area contributed by atoms with Gasteiger partial charge in [-0.3, -0.25) is 9.59 Å². The average molecular weight is 576 g/mol. The highest BCUT2D eigenvalue weighted by Gasteiger charge is 2.36. The van der Waals surface area contributed by atoms with E-state index in [1.165, 1.54) is 24.5 Å². The van der Waals surface area contributed by atoms with Crippen LogP contribution < -0.4 is 15.8 Å². The molecule has 1 aromatic heterocycles. The zero-order valence-electron chi connectivity index (χ0n) is 23.5. The molecule has 2 atom stereocenters. The number of benzene rings is 2. The van der Waals surface area contributed by atoms with Gasteiger partial charge < -0.3 is 25.4 Å². The molecule has 0 radical (unpaired) electrons. The predicted octanol–water partition coefficient (Wildman–Crippen LogP) is 4.46. The quantitative estimate of drug-likeness (QED) is 0.381. The number of carbonyl (C=O) groups excluding carboxylic acids is 2. The number of hydrogen-bond acceptors (Lipinski definition) is 7. The van der Waals surface area contributed by atoms with Crippen LogP contribution in [0.3, 0.4) is 0 Å². The Morgan fingerprint density at radius 3 is 2.67 bits per heavy atom. The summed E-state index contributed by atoms with van der Waals surface area (Å²) >= 11 is 0. The van der Waals surface area contributed by atoms with E-state index in [4.69, 9.17) is 15.2 Å². The van der Waals surface area contributed by atoms with E-state index in [1.807, 2.05) is 0 Å². The lowest BCUT2D eigenvalue weighted by Gasteiger charge is -2.23. The van der Waals surface area contributed by atoms with Crippen LogP contribution in [0.15, 0.2) is 36.7 Å². The van der Waals surface area contributed by atoms with Crippen LogP contribution >= 0.6 is 0 Å². The summed E-state index contributed by atoms with van der Waals surface area (Å²) in [5.41, 5.74) is 7.98. The van der Waals surface area contributed by atoms with E-state index in [2.05, 4.69) is 27.1 Å². The van der Waals surface area contributed by atoms with E-state index in [0.29, 0.717) is 30.0 Å². The maximum Gasteiger partial charge on any atom is 0.298 e. The molecule has 2 aromatic carbocycles. The van der Waals surface area contributed by atoms with Crippen molar-refractivity contribution in [2.75, 3.05) is 31.3 Å². The second-order valence-electron chi connectivity index (χ2n) is 10.4. The zero-order chi connectivity index (χ0) is 30.0. The van der Waals surface area contributed by atoms with Crippen LogP contribution in [0.2, 0.25) is 0 Å². The van der Waals surface area contributed by atoms with Crippen molar-refractivity contribution in [1.82, 2.24) is 14.9 Å². The summed E-state index contributed by atoms with van der Waals surface area (Å²) < 4.78 is 41.2. The van der Waals surface area contributed by atoms with Gasteiger partial charge in [0.25, 0.3) is 11.8 Å². The van der Waals surface area contributed by atoms with Gasteiger partial charge in [0.15, 0.2) is 11.6 Å². The number of aromatic nitrogens is 2. The van der Waals surface area contributed by atoms with Gasteiger partial charge >= 0.3 is 0 Å². The Bertz CT molecular complexity index is 1600. The van der Waals surface area contributed by atoms with Crippen LogP contribution in [0.25, 0.3) is 11.3 Å². The SMILES string of the molecule is CC#CC(=O)N1C[C@H](OC)CC1COc1c(N)ncnc1-c1cc(F)cc(NC(=O)c2ccc(C3CC3)cc2F)c1C. The van der Waals surface area contributed by atoms with Gasteiger partial charge in [-0.2, -0.15) is 0 Å². The maximum absolute atomic E-state index is 14.9. The number of ether oxygens (including phenoxy) is 2. The Morgan fingerprint density at radius 2 is 1.98 bits per heavy atom. The van der Waals surface area contributed by atoms with Gasteiger partial charge in [-0.25, -0.2) is 18.7 Å². The van der Waals surface area contributed by atoms with Crippen LogP contribution in [0.4, 0.5) is 20.3 Å². The van der Waals surface area contributed by atoms with Crippen molar-refractivity contribution in [3.8, 4) is 28.8 Å². The van der Waals surface area contributed by atoms with Crippen LogP contribution in [0.5, 0.6) is 5.75 Å². The first kappa shape index (κ1) is 29.0. The fourth-order valence-electron chi connectivity index (χ4n) is 5.16. The van der Waals surface area contributed by atoms with Gasteiger partial charge in [0.2, 0.25) is 0 Å². The number of hydrogen-bond donors (Lipinski definition) is 2. The lowest BCUT2D eigenvalue weighted by molar-refractivity contribution is -0.126. The summed E-state index contributed by atoms with van der Waals surface area (Å²) in [5.74, 6) is 3.27. The highest BCUT2D eigenvalue weighted by Crippen LogP contribution is 2.41. The number of halogens is 2. The van der Waals surface area contributed by atoms with Gasteiger partial charge in [0, 0.05) is 24.9 Å². The smallest absolute Gasteiger partial charge is 0.298 e. The lowest BCUT2D eigenvalue weighted by atomic mass is 10.0. The van der Waals surface area contributed by atoms with Crippen molar-refractivity contribution in [3.63, 3.8) is 0 Å². The highest BCUT2D eigenvalue weighted by atomic mass is 19.1. The molecule has 1 saturated carbocycles. The third-order valence-corrected chi connectivity index (χ3v) is 7.62. The molecule has 11 heteroatoms. The van der Waals surface area contributed by atoms with E-state index in [1.54, 1.807) is 31.9 Å². The number of carbonyl (C=O) groups is 2. The summed E-state index contributed by atoms with van der Waals surface area (Å²) in [4.78, 5) is 35.5. The molecule has 2 heterocycles. The summed E-state index contributed by atoms with van der Waals surface area (Å²) in [6.45, 7) is 3.65. The first-order chi connectivity index (χ1) is 20.2. The molecular formula is C31H31F2N5O4. The van der Waals surface area contributed by atoms with E-state index < -0.39 is 17.5 Å². The van der Waals surface area contributed by atoms with Gasteiger partial charge in [-0.05, 0) is 80.3 Å². The molecule has 2 fully saturated rings. The largest absolute Gasteiger partial charge is 0.485 e. The number of anilines is 2. The first-order valence-electron chi connectivity index (χ1n) is 13.6. The normalized spacial score (nSPS) is 17.9. The minimum atomic E-state index is -0.706. The molecule has 3 N–H and O–H groups in total. The number of nitrogen functional groups attached to an aromatic ring is 1. The monoisotopic (exact) mass is 575 g/mol. The topological polar surface area (TPSA) is 120 Å². The third-order valence-electron chi connectivity index (χ3n) is 7.62. The number of nitrogens with two attached hydrogens (primary N) is 1. The number of rotatable bonds is 8. The number of nitrogens with zero attached hydrogens (tertiary/aromatic N) is 3.